The highest BCUT2D eigenvalue weighted by molar-refractivity contribution is 5.73. The van der Waals surface area contributed by atoms with Crippen LogP contribution >= 0.6 is 0 Å². The van der Waals surface area contributed by atoms with Crippen LogP contribution < -0.4 is 0 Å². The molecule has 0 aromatic heterocycles. The molecule has 0 bridgehead atoms. The smallest absolute Gasteiger partial charge is 0.311 e. The lowest BCUT2D eigenvalue weighted by Crippen LogP contribution is -2.25. The van der Waals surface area contributed by atoms with Crippen molar-refractivity contribution in [1.29, 1.82) is 0 Å². The molecule has 0 amide bonds. The Labute approximate surface area is 144 Å². The van der Waals surface area contributed by atoms with Crippen LogP contribution in [0.3, 0.4) is 0 Å². The van der Waals surface area contributed by atoms with Gasteiger partial charge in [-0.3, -0.25) is 4.79 Å². The maximum absolute atomic E-state index is 14.1. The van der Waals surface area contributed by atoms with Crippen LogP contribution in [0.15, 0.2) is 48.5 Å². The second-order valence-electron chi connectivity index (χ2n) is 5.90. The van der Waals surface area contributed by atoms with Crippen LogP contribution in [-0.4, -0.2) is 12.6 Å². The van der Waals surface area contributed by atoms with Crippen molar-refractivity contribution >= 4 is 5.97 Å². The lowest BCUT2D eigenvalue weighted by molar-refractivity contribution is -0.149. The predicted octanol–water partition coefficient (Wildman–Crippen LogP) is 3.57. The molecule has 1 heterocycles. The highest BCUT2D eigenvalue weighted by atomic mass is 19.1. The van der Waals surface area contributed by atoms with Crippen molar-refractivity contribution in [3.8, 4) is 12.3 Å². The van der Waals surface area contributed by atoms with E-state index in [4.69, 9.17) is 15.9 Å². The van der Waals surface area contributed by atoms with E-state index in [1.54, 1.807) is 0 Å². The third kappa shape index (κ3) is 3.54. The molecule has 0 spiro atoms. The standard InChI is InChI=1S/C20H16F2O3/c1-2-20(17-9-8-16(21)10-18(17)22)11-15(13-25-20)19(23)24-12-14-6-4-3-5-7-14/h1,3-10,15H,11-13H2/t15-,20+/m0/s1. The molecule has 5 heteroatoms. The van der Waals surface area contributed by atoms with E-state index >= 15 is 0 Å². The van der Waals surface area contributed by atoms with Crippen molar-refractivity contribution in [2.24, 2.45) is 5.92 Å². The Bertz CT molecular complexity index is 813. The van der Waals surface area contributed by atoms with Crippen LogP contribution in [0.1, 0.15) is 17.5 Å². The number of hydrogen-bond acceptors (Lipinski definition) is 3. The Morgan fingerprint density at radius 3 is 2.72 bits per heavy atom. The summed E-state index contributed by atoms with van der Waals surface area (Å²) in [5, 5.41) is 0. The van der Waals surface area contributed by atoms with Crippen LogP contribution in [0.4, 0.5) is 8.78 Å². The third-order valence-corrected chi connectivity index (χ3v) is 4.22. The quantitative estimate of drug-likeness (QED) is 0.629. The minimum absolute atomic E-state index is 0.0225. The summed E-state index contributed by atoms with van der Waals surface area (Å²) in [6, 6.07) is 12.4. The van der Waals surface area contributed by atoms with E-state index in [1.165, 1.54) is 6.07 Å². The molecule has 1 aliphatic heterocycles. The van der Waals surface area contributed by atoms with E-state index in [0.29, 0.717) is 0 Å². The van der Waals surface area contributed by atoms with E-state index in [2.05, 4.69) is 5.92 Å². The zero-order valence-corrected chi connectivity index (χ0v) is 13.4. The summed E-state index contributed by atoms with van der Waals surface area (Å²) in [6.45, 7) is 0.165. The van der Waals surface area contributed by atoms with E-state index in [-0.39, 0.29) is 25.2 Å². The van der Waals surface area contributed by atoms with Crippen LogP contribution in [0.2, 0.25) is 0 Å². The van der Waals surface area contributed by atoms with Crippen molar-refractivity contribution in [3.05, 3.63) is 71.3 Å². The van der Waals surface area contributed by atoms with E-state index in [0.717, 1.165) is 17.7 Å². The van der Waals surface area contributed by atoms with Gasteiger partial charge in [0.2, 0.25) is 0 Å². The molecule has 3 rings (SSSR count). The van der Waals surface area contributed by atoms with Gasteiger partial charge in [0.05, 0.1) is 12.5 Å². The van der Waals surface area contributed by atoms with Crippen molar-refractivity contribution in [2.75, 3.05) is 6.61 Å². The summed E-state index contributed by atoms with van der Waals surface area (Å²) in [5.41, 5.74) is -0.480. The molecule has 0 N–H and O–H groups in total. The van der Waals surface area contributed by atoms with Crippen LogP contribution in [0, 0.1) is 29.9 Å². The van der Waals surface area contributed by atoms with Gasteiger partial charge in [0.25, 0.3) is 0 Å². The number of ether oxygens (including phenoxy) is 2. The molecule has 1 aliphatic rings. The molecule has 1 saturated heterocycles. The lowest BCUT2D eigenvalue weighted by Gasteiger charge is -2.23. The van der Waals surface area contributed by atoms with E-state index in [1.807, 2.05) is 30.3 Å². The number of terminal acetylenes is 1. The molecule has 0 saturated carbocycles. The number of rotatable bonds is 4. The fourth-order valence-corrected chi connectivity index (χ4v) is 2.89. The Balaban J connectivity index is 1.70. The molecule has 0 aliphatic carbocycles. The lowest BCUT2D eigenvalue weighted by atomic mass is 9.87. The normalized spacial score (nSPS) is 22.4. The van der Waals surface area contributed by atoms with Gasteiger partial charge in [-0.15, -0.1) is 6.42 Å². The van der Waals surface area contributed by atoms with Gasteiger partial charge in [0.15, 0.2) is 5.60 Å². The van der Waals surface area contributed by atoms with Gasteiger partial charge in [-0.1, -0.05) is 36.3 Å². The largest absolute Gasteiger partial charge is 0.461 e. The Kier molecular flexibility index (Phi) is 4.82. The third-order valence-electron chi connectivity index (χ3n) is 4.22. The maximum atomic E-state index is 14.1. The zero-order chi connectivity index (χ0) is 17.9. The second-order valence-corrected chi connectivity index (χ2v) is 5.90. The summed E-state index contributed by atoms with van der Waals surface area (Å²) in [7, 11) is 0. The number of benzene rings is 2. The number of carbonyl (C=O) groups is 1. The highest BCUT2D eigenvalue weighted by Crippen LogP contribution is 2.40. The van der Waals surface area contributed by atoms with Crippen LogP contribution in [0.5, 0.6) is 0 Å². The molecule has 0 unspecified atom stereocenters. The second kappa shape index (κ2) is 7.04. The van der Waals surface area contributed by atoms with Gasteiger partial charge in [-0.25, -0.2) is 8.78 Å². The first-order valence-corrected chi connectivity index (χ1v) is 7.82. The Hall–Kier alpha value is -2.71. The van der Waals surface area contributed by atoms with Gasteiger partial charge < -0.3 is 9.47 Å². The van der Waals surface area contributed by atoms with Crippen LogP contribution in [-0.2, 0) is 26.5 Å². The first-order chi connectivity index (χ1) is 12.0. The minimum Gasteiger partial charge on any atom is -0.461 e. The average Bonchev–Trinajstić information content (AvgIpc) is 3.06. The molecule has 2 aromatic rings. The molecular weight excluding hydrogens is 326 g/mol. The molecular formula is C20H16F2O3. The zero-order valence-electron chi connectivity index (χ0n) is 13.4. The summed E-state index contributed by atoms with van der Waals surface area (Å²) in [5.74, 6) is -0.141. The average molecular weight is 342 g/mol. The summed E-state index contributed by atoms with van der Waals surface area (Å²) >= 11 is 0. The van der Waals surface area contributed by atoms with Gasteiger partial charge in [-0.2, -0.15) is 0 Å². The van der Waals surface area contributed by atoms with E-state index < -0.39 is 29.1 Å². The van der Waals surface area contributed by atoms with Crippen molar-refractivity contribution in [2.45, 2.75) is 18.6 Å². The molecule has 2 atom stereocenters. The summed E-state index contributed by atoms with van der Waals surface area (Å²) in [6.07, 6.45) is 5.63. The molecule has 1 fully saturated rings. The summed E-state index contributed by atoms with van der Waals surface area (Å²) < 4.78 is 38.1. The summed E-state index contributed by atoms with van der Waals surface area (Å²) in [4.78, 5) is 12.3. The number of halogens is 2. The first kappa shape index (κ1) is 17.1. The van der Waals surface area contributed by atoms with Gasteiger partial charge in [-0.05, 0) is 17.7 Å². The first-order valence-electron chi connectivity index (χ1n) is 7.82. The topological polar surface area (TPSA) is 35.5 Å². The molecule has 3 nitrogen and oxygen atoms in total. The minimum atomic E-state index is -1.39. The fraction of sp³-hybridized carbons (Fsp3) is 0.250. The van der Waals surface area contributed by atoms with Gasteiger partial charge in [0, 0.05) is 18.1 Å². The molecule has 2 aromatic carbocycles. The van der Waals surface area contributed by atoms with Gasteiger partial charge in [0.1, 0.15) is 18.2 Å². The van der Waals surface area contributed by atoms with Crippen LogP contribution in [0.25, 0.3) is 0 Å². The number of carbonyl (C=O) groups excluding carboxylic acids is 1. The van der Waals surface area contributed by atoms with Crippen molar-refractivity contribution in [3.63, 3.8) is 0 Å². The van der Waals surface area contributed by atoms with Crippen molar-refractivity contribution in [1.82, 2.24) is 0 Å². The monoisotopic (exact) mass is 342 g/mol. The predicted molar refractivity (Wildman–Crippen MR) is 87.2 cm³/mol. The van der Waals surface area contributed by atoms with Gasteiger partial charge >= 0.3 is 5.97 Å². The highest BCUT2D eigenvalue weighted by Gasteiger charge is 2.45. The number of hydrogen-bond donors (Lipinski definition) is 0. The fourth-order valence-electron chi connectivity index (χ4n) is 2.89. The Morgan fingerprint density at radius 1 is 1.28 bits per heavy atom. The van der Waals surface area contributed by atoms with Crippen molar-refractivity contribution < 1.29 is 23.0 Å². The Morgan fingerprint density at radius 2 is 2.04 bits per heavy atom. The van der Waals surface area contributed by atoms with E-state index in [9.17, 15) is 13.6 Å². The molecule has 25 heavy (non-hydrogen) atoms. The maximum Gasteiger partial charge on any atom is 0.311 e. The SMILES string of the molecule is C#C[C@]1(c2ccc(F)cc2F)C[C@H](C(=O)OCc2ccccc2)CO1. The molecule has 0 radical (unpaired) electrons. The molecule has 128 valence electrons. The number of esters is 1.